The molecule has 1 aliphatic heterocycles. The van der Waals surface area contributed by atoms with E-state index in [0.29, 0.717) is 0 Å². The highest BCUT2D eigenvalue weighted by Gasteiger charge is 2.18. The average molecular weight is 550 g/mol. The van der Waals surface area contributed by atoms with Crippen molar-refractivity contribution in [2.75, 3.05) is 6.79 Å². The summed E-state index contributed by atoms with van der Waals surface area (Å²) in [4.78, 5) is 7.18. The number of unbranched alkanes of at least 4 members (excludes halogenated alkanes) is 1. The summed E-state index contributed by atoms with van der Waals surface area (Å²) in [5.41, 5.74) is 4.46. The van der Waals surface area contributed by atoms with Crippen molar-refractivity contribution < 1.29 is 13.9 Å². The number of rotatable bonds is 10. The summed E-state index contributed by atoms with van der Waals surface area (Å²) in [6.07, 6.45) is 4.09. The van der Waals surface area contributed by atoms with E-state index in [4.69, 9.17) is 14.5 Å². The monoisotopic (exact) mass is 549 g/mol. The summed E-state index contributed by atoms with van der Waals surface area (Å²) in [6, 6.07) is 21.2. The Morgan fingerprint density at radius 2 is 1.64 bits per heavy atom. The van der Waals surface area contributed by atoms with Gasteiger partial charge in [-0.05, 0) is 66.1 Å². The molecule has 5 nitrogen and oxygen atoms in total. The molecule has 0 aliphatic carbocycles. The summed E-state index contributed by atoms with van der Waals surface area (Å²) >= 11 is 3.54. The molecule has 3 aromatic carbocycles. The van der Waals surface area contributed by atoms with Crippen LogP contribution in [-0.2, 0) is 26.2 Å². The minimum absolute atomic E-state index is 0.241. The molecule has 186 valence electrons. The Bertz CT molecular complexity index is 1310. The van der Waals surface area contributed by atoms with Crippen LogP contribution in [0.1, 0.15) is 36.6 Å². The van der Waals surface area contributed by atoms with E-state index in [1.54, 1.807) is 12.1 Å². The Balaban J connectivity index is 1.44. The number of fused-ring (bicyclic) bond motifs is 1. The first-order chi connectivity index (χ1) is 17.6. The van der Waals surface area contributed by atoms with E-state index >= 15 is 0 Å². The molecule has 5 rings (SSSR count). The normalized spacial score (nSPS) is 12.4. The fraction of sp³-hybridized carbons (Fsp3) is 0.276. The van der Waals surface area contributed by atoms with Crippen LogP contribution in [0.5, 0.6) is 11.5 Å². The maximum absolute atomic E-state index is 13.6. The van der Waals surface area contributed by atoms with Crippen LogP contribution >= 0.6 is 15.9 Å². The van der Waals surface area contributed by atoms with Gasteiger partial charge in [0.2, 0.25) is 6.79 Å². The first-order valence-electron chi connectivity index (χ1n) is 12.2. The molecular formula is C29H29BrFN3O2. The van der Waals surface area contributed by atoms with E-state index in [-0.39, 0.29) is 12.6 Å². The lowest BCUT2D eigenvalue weighted by Crippen LogP contribution is -2.24. The highest BCUT2D eigenvalue weighted by molar-refractivity contribution is 9.10. The van der Waals surface area contributed by atoms with Crippen LogP contribution in [0.15, 0.2) is 77.4 Å². The first-order valence-corrected chi connectivity index (χ1v) is 13.0. The van der Waals surface area contributed by atoms with Crippen LogP contribution in [-0.4, -0.2) is 21.2 Å². The Morgan fingerprint density at radius 3 is 2.42 bits per heavy atom. The maximum Gasteiger partial charge on any atom is 0.231 e. The van der Waals surface area contributed by atoms with Gasteiger partial charge < -0.3 is 14.0 Å². The quantitative estimate of drug-likeness (QED) is 0.210. The van der Waals surface area contributed by atoms with Gasteiger partial charge in [-0.15, -0.1) is 0 Å². The van der Waals surface area contributed by atoms with Crippen LogP contribution in [0.4, 0.5) is 4.39 Å². The SMILES string of the molecule is CCCCn1c(CN(Cc2ccc(Br)cc2)Cc2ccc3c(c2)OCO3)cnc1-c1ccc(F)cc1. The minimum Gasteiger partial charge on any atom is -0.454 e. The second-order valence-electron chi connectivity index (χ2n) is 9.04. The zero-order valence-corrected chi connectivity index (χ0v) is 21.9. The molecule has 0 bridgehead atoms. The smallest absolute Gasteiger partial charge is 0.231 e. The standard InChI is InChI=1S/C29H29BrFN3O2/c1-2-3-14-34-26(16-32-29(34)23-7-11-25(31)12-8-23)19-33(17-21-4-9-24(30)10-5-21)18-22-6-13-27-28(15-22)36-20-35-27/h4-13,15-16H,2-3,14,17-20H2,1H3. The lowest BCUT2D eigenvalue weighted by atomic mass is 10.1. The second kappa shape index (κ2) is 11.3. The van der Waals surface area contributed by atoms with Crippen molar-refractivity contribution in [2.24, 2.45) is 0 Å². The van der Waals surface area contributed by atoms with Crippen molar-refractivity contribution in [2.45, 2.75) is 45.9 Å². The molecule has 0 fully saturated rings. The zero-order chi connectivity index (χ0) is 24.9. The predicted octanol–water partition coefficient (Wildman–Crippen LogP) is 7.18. The molecule has 0 saturated carbocycles. The number of nitrogens with zero attached hydrogens (tertiary/aromatic N) is 3. The van der Waals surface area contributed by atoms with E-state index in [0.717, 1.165) is 77.6 Å². The number of benzene rings is 3. The van der Waals surface area contributed by atoms with Gasteiger partial charge in [0.1, 0.15) is 11.6 Å². The molecule has 0 saturated heterocycles. The van der Waals surface area contributed by atoms with Crippen molar-refractivity contribution in [3.8, 4) is 22.9 Å². The van der Waals surface area contributed by atoms with Crippen LogP contribution in [0.2, 0.25) is 0 Å². The third-order valence-electron chi connectivity index (χ3n) is 6.32. The molecule has 0 amide bonds. The van der Waals surface area contributed by atoms with E-state index in [1.807, 2.05) is 12.3 Å². The first kappa shape index (κ1) is 24.5. The van der Waals surface area contributed by atoms with E-state index < -0.39 is 0 Å². The van der Waals surface area contributed by atoms with Crippen molar-refractivity contribution in [1.82, 2.24) is 14.5 Å². The molecule has 1 aliphatic rings. The van der Waals surface area contributed by atoms with Crippen molar-refractivity contribution in [3.05, 3.63) is 100 Å². The van der Waals surface area contributed by atoms with Crippen molar-refractivity contribution in [1.29, 1.82) is 0 Å². The molecule has 4 aromatic rings. The fourth-order valence-corrected chi connectivity index (χ4v) is 4.74. The maximum atomic E-state index is 13.6. The highest BCUT2D eigenvalue weighted by Crippen LogP contribution is 2.33. The zero-order valence-electron chi connectivity index (χ0n) is 20.3. The molecular weight excluding hydrogens is 521 g/mol. The minimum atomic E-state index is -0.241. The molecule has 0 spiro atoms. The number of aromatic nitrogens is 2. The van der Waals surface area contributed by atoms with Gasteiger partial charge in [-0.2, -0.15) is 0 Å². The Kier molecular flexibility index (Phi) is 7.68. The molecule has 1 aromatic heterocycles. The van der Waals surface area contributed by atoms with Crippen molar-refractivity contribution >= 4 is 15.9 Å². The number of hydrogen-bond acceptors (Lipinski definition) is 4. The summed E-state index contributed by atoms with van der Waals surface area (Å²) in [5.74, 6) is 2.22. The van der Waals surface area contributed by atoms with Gasteiger partial charge in [0.15, 0.2) is 11.5 Å². The topological polar surface area (TPSA) is 39.5 Å². The number of halogens is 2. The van der Waals surface area contributed by atoms with Gasteiger partial charge in [-0.1, -0.05) is 47.5 Å². The Morgan fingerprint density at radius 1 is 0.917 bits per heavy atom. The molecule has 7 heteroatoms. The number of imidazole rings is 1. The van der Waals surface area contributed by atoms with Gasteiger partial charge in [0.25, 0.3) is 0 Å². The van der Waals surface area contributed by atoms with Gasteiger partial charge >= 0.3 is 0 Å². The lowest BCUT2D eigenvalue weighted by Gasteiger charge is -2.24. The van der Waals surface area contributed by atoms with Gasteiger partial charge in [0, 0.05) is 36.2 Å². The number of ether oxygens (including phenoxy) is 2. The summed E-state index contributed by atoms with van der Waals surface area (Å²) < 4.78 is 28.0. The van der Waals surface area contributed by atoms with E-state index in [1.165, 1.54) is 17.7 Å². The second-order valence-corrected chi connectivity index (χ2v) is 9.96. The highest BCUT2D eigenvalue weighted by atomic mass is 79.9. The summed E-state index contributed by atoms with van der Waals surface area (Å²) in [7, 11) is 0. The van der Waals surface area contributed by atoms with Gasteiger partial charge in [-0.3, -0.25) is 4.90 Å². The predicted molar refractivity (Wildman–Crippen MR) is 142 cm³/mol. The van der Waals surface area contributed by atoms with E-state index in [9.17, 15) is 4.39 Å². The third-order valence-corrected chi connectivity index (χ3v) is 6.85. The summed E-state index contributed by atoms with van der Waals surface area (Å²) in [6.45, 7) is 5.58. The Labute approximate surface area is 219 Å². The van der Waals surface area contributed by atoms with Crippen LogP contribution < -0.4 is 9.47 Å². The van der Waals surface area contributed by atoms with E-state index in [2.05, 4.69) is 68.7 Å². The molecule has 0 N–H and O–H groups in total. The van der Waals surface area contributed by atoms with Crippen LogP contribution in [0.25, 0.3) is 11.4 Å². The largest absolute Gasteiger partial charge is 0.454 e. The molecule has 0 atom stereocenters. The average Bonchev–Trinajstić information content (AvgIpc) is 3.51. The molecule has 2 heterocycles. The van der Waals surface area contributed by atoms with Crippen LogP contribution in [0.3, 0.4) is 0 Å². The lowest BCUT2D eigenvalue weighted by molar-refractivity contribution is 0.174. The van der Waals surface area contributed by atoms with Crippen molar-refractivity contribution in [3.63, 3.8) is 0 Å². The third kappa shape index (κ3) is 5.79. The Hall–Kier alpha value is -3.16. The number of hydrogen-bond donors (Lipinski definition) is 0. The van der Waals surface area contributed by atoms with Crippen LogP contribution in [0, 0.1) is 5.82 Å². The molecule has 36 heavy (non-hydrogen) atoms. The van der Waals surface area contributed by atoms with Gasteiger partial charge in [0.05, 0.1) is 11.9 Å². The molecule has 0 unspecified atom stereocenters. The summed E-state index contributed by atoms with van der Waals surface area (Å²) in [5, 5.41) is 0. The molecule has 0 radical (unpaired) electrons. The van der Waals surface area contributed by atoms with Gasteiger partial charge in [-0.25, -0.2) is 9.37 Å². The fourth-order valence-electron chi connectivity index (χ4n) is 4.47.